The Kier molecular flexibility index (Phi) is 6.95. The molecule has 5 nitrogen and oxygen atoms in total. The molecule has 0 atom stereocenters. The summed E-state index contributed by atoms with van der Waals surface area (Å²) < 4.78 is 0. The van der Waals surface area contributed by atoms with Crippen LogP contribution in [-0.2, 0) is 16.0 Å². The molecule has 1 aliphatic rings. The van der Waals surface area contributed by atoms with Crippen molar-refractivity contribution in [3.63, 3.8) is 0 Å². The van der Waals surface area contributed by atoms with E-state index in [9.17, 15) is 9.59 Å². The summed E-state index contributed by atoms with van der Waals surface area (Å²) in [5, 5.41) is 7.08. The average Bonchev–Trinajstić information content (AvgIpc) is 3.20. The van der Waals surface area contributed by atoms with Gasteiger partial charge in [0.25, 0.3) is 0 Å². The number of hydrogen-bond acceptors (Lipinski definition) is 3. The van der Waals surface area contributed by atoms with Crippen LogP contribution in [-0.4, -0.2) is 23.6 Å². The number of benzene rings is 2. The van der Waals surface area contributed by atoms with Gasteiger partial charge in [0.05, 0.1) is 12.8 Å². The molecule has 28 heavy (non-hydrogen) atoms. The zero-order valence-corrected chi connectivity index (χ0v) is 16.3. The van der Waals surface area contributed by atoms with Gasteiger partial charge in [0.15, 0.2) is 0 Å². The van der Waals surface area contributed by atoms with E-state index in [1.165, 1.54) is 12.8 Å². The Morgan fingerprint density at radius 3 is 2.25 bits per heavy atom. The quantitative estimate of drug-likeness (QED) is 0.568. The van der Waals surface area contributed by atoms with Crippen molar-refractivity contribution in [1.29, 1.82) is 0 Å². The highest BCUT2D eigenvalue weighted by Gasteiger charge is 2.17. The fourth-order valence-electron chi connectivity index (χ4n) is 3.45. The molecule has 5 heteroatoms. The molecule has 2 aromatic carbocycles. The van der Waals surface area contributed by atoms with E-state index in [0.717, 1.165) is 29.5 Å². The monoisotopic (exact) mass is 377 g/mol. The van der Waals surface area contributed by atoms with E-state index in [0.29, 0.717) is 11.8 Å². The second-order valence-corrected chi connectivity index (χ2v) is 7.35. The Balaban J connectivity index is 1.45. The van der Waals surface area contributed by atoms with Crippen LogP contribution < -0.4 is 10.7 Å². The second kappa shape index (κ2) is 9.83. The lowest BCUT2D eigenvalue weighted by Crippen LogP contribution is -2.34. The normalized spacial score (nSPS) is 14.7. The summed E-state index contributed by atoms with van der Waals surface area (Å²) in [7, 11) is 0. The van der Waals surface area contributed by atoms with Gasteiger partial charge in [-0.25, -0.2) is 5.43 Å². The van der Waals surface area contributed by atoms with Gasteiger partial charge in [-0.1, -0.05) is 67.4 Å². The summed E-state index contributed by atoms with van der Waals surface area (Å²) in [5.41, 5.74) is 6.33. The number of nitrogens with one attached hydrogen (secondary N) is 2. The maximum atomic E-state index is 12.1. The maximum absolute atomic E-state index is 12.1. The molecule has 2 N–H and O–H groups in total. The molecule has 0 heterocycles. The number of amides is 2. The molecule has 0 aliphatic heterocycles. The lowest BCUT2D eigenvalue weighted by molar-refractivity contribution is -0.121. The molecule has 0 unspecified atom stereocenters. The standard InChI is InChI=1S/C23H27N3O2/c1-17(15-22(27)24-21-9-5-6-10-21)25-26-23(28)16-18-11-13-20(14-12-18)19-7-3-2-4-8-19/h2-4,7-8,11-14,21H,5-6,9-10,15-16H2,1H3,(H,24,27)(H,26,28). The van der Waals surface area contributed by atoms with Gasteiger partial charge in [-0.3, -0.25) is 9.59 Å². The first-order valence-corrected chi connectivity index (χ1v) is 9.86. The Labute approximate surface area is 166 Å². The molecule has 3 rings (SSSR count). The Morgan fingerprint density at radius 2 is 1.57 bits per heavy atom. The largest absolute Gasteiger partial charge is 0.353 e. The summed E-state index contributed by atoms with van der Waals surface area (Å²) in [6.07, 6.45) is 4.94. The Hall–Kier alpha value is -2.95. The number of carbonyl (C=O) groups excluding carboxylic acids is 2. The predicted molar refractivity (Wildman–Crippen MR) is 112 cm³/mol. The van der Waals surface area contributed by atoms with Crippen molar-refractivity contribution in [2.24, 2.45) is 5.10 Å². The first-order chi connectivity index (χ1) is 13.6. The second-order valence-electron chi connectivity index (χ2n) is 7.35. The van der Waals surface area contributed by atoms with Gasteiger partial charge in [-0.15, -0.1) is 0 Å². The van der Waals surface area contributed by atoms with Crippen LogP contribution in [0.25, 0.3) is 11.1 Å². The van der Waals surface area contributed by atoms with Gasteiger partial charge < -0.3 is 5.32 Å². The van der Waals surface area contributed by atoms with Crippen molar-refractivity contribution < 1.29 is 9.59 Å². The average molecular weight is 377 g/mol. The van der Waals surface area contributed by atoms with Crippen LogP contribution in [0, 0.1) is 0 Å². The van der Waals surface area contributed by atoms with Crippen LogP contribution in [0.2, 0.25) is 0 Å². The highest BCUT2D eigenvalue weighted by Crippen LogP contribution is 2.19. The number of nitrogens with zero attached hydrogens (tertiary/aromatic N) is 1. The smallest absolute Gasteiger partial charge is 0.244 e. The molecule has 0 aromatic heterocycles. The Bertz CT molecular complexity index is 823. The Morgan fingerprint density at radius 1 is 0.929 bits per heavy atom. The summed E-state index contributed by atoms with van der Waals surface area (Å²) in [6, 6.07) is 18.3. The van der Waals surface area contributed by atoms with Gasteiger partial charge in [0, 0.05) is 11.8 Å². The number of hydrazone groups is 1. The fourth-order valence-corrected chi connectivity index (χ4v) is 3.45. The van der Waals surface area contributed by atoms with E-state index in [1.54, 1.807) is 6.92 Å². The molecule has 2 aromatic rings. The van der Waals surface area contributed by atoms with Crippen molar-refractivity contribution in [2.75, 3.05) is 0 Å². The third-order valence-corrected chi connectivity index (χ3v) is 4.93. The number of rotatable bonds is 7. The summed E-state index contributed by atoms with van der Waals surface area (Å²) in [5.74, 6) is -0.220. The van der Waals surface area contributed by atoms with Gasteiger partial charge in [0.2, 0.25) is 11.8 Å². The zero-order valence-electron chi connectivity index (χ0n) is 16.3. The molecule has 0 radical (unpaired) electrons. The summed E-state index contributed by atoms with van der Waals surface area (Å²) in [4.78, 5) is 24.1. The summed E-state index contributed by atoms with van der Waals surface area (Å²) >= 11 is 0. The lowest BCUT2D eigenvalue weighted by atomic mass is 10.0. The van der Waals surface area contributed by atoms with Crippen molar-refractivity contribution in [3.8, 4) is 11.1 Å². The molecule has 0 spiro atoms. The van der Waals surface area contributed by atoms with E-state index in [-0.39, 0.29) is 24.7 Å². The van der Waals surface area contributed by atoms with Gasteiger partial charge in [-0.2, -0.15) is 5.10 Å². The van der Waals surface area contributed by atoms with Crippen LogP contribution in [0.1, 0.15) is 44.6 Å². The van der Waals surface area contributed by atoms with Crippen LogP contribution >= 0.6 is 0 Å². The van der Waals surface area contributed by atoms with Crippen LogP contribution in [0.4, 0.5) is 0 Å². The topological polar surface area (TPSA) is 70.6 Å². The number of hydrogen-bond donors (Lipinski definition) is 2. The van der Waals surface area contributed by atoms with E-state index in [4.69, 9.17) is 0 Å². The lowest BCUT2D eigenvalue weighted by Gasteiger charge is -2.11. The van der Waals surface area contributed by atoms with E-state index >= 15 is 0 Å². The first kappa shape index (κ1) is 19.8. The van der Waals surface area contributed by atoms with Crippen LogP contribution in [0.5, 0.6) is 0 Å². The van der Waals surface area contributed by atoms with Gasteiger partial charge in [-0.05, 0) is 36.5 Å². The van der Waals surface area contributed by atoms with E-state index in [1.807, 2.05) is 42.5 Å². The minimum Gasteiger partial charge on any atom is -0.353 e. The highest BCUT2D eigenvalue weighted by atomic mass is 16.2. The van der Waals surface area contributed by atoms with Crippen LogP contribution in [0.15, 0.2) is 59.7 Å². The summed E-state index contributed by atoms with van der Waals surface area (Å²) in [6.45, 7) is 1.75. The predicted octanol–water partition coefficient (Wildman–Crippen LogP) is 3.84. The molecular weight excluding hydrogens is 350 g/mol. The third kappa shape index (κ3) is 6.05. The van der Waals surface area contributed by atoms with E-state index < -0.39 is 0 Å². The first-order valence-electron chi connectivity index (χ1n) is 9.86. The van der Waals surface area contributed by atoms with E-state index in [2.05, 4.69) is 28.0 Å². The minimum absolute atomic E-state index is 0.0288. The SMILES string of the molecule is CC(CC(=O)NC1CCCC1)=NNC(=O)Cc1ccc(-c2ccccc2)cc1. The molecule has 0 saturated heterocycles. The fraction of sp³-hybridized carbons (Fsp3) is 0.348. The van der Waals surface area contributed by atoms with Crippen molar-refractivity contribution in [3.05, 3.63) is 60.2 Å². The molecular formula is C23H27N3O2. The van der Waals surface area contributed by atoms with Crippen LogP contribution in [0.3, 0.4) is 0 Å². The van der Waals surface area contributed by atoms with Gasteiger partial charge >= 0.3 is 0 Å². The number of carbonyl (C=O) groups is 2. The maximum Gasteiger partial charge on any atom is 0.244 e. The van der Waals surface area contributed by atoms with Crippen molar-refractivity contribution >= 4 is 17.5 Å². The highest BCUT2D eigenvalue weighted by molar-refractivity contribution is 6.00. The molecule has 1 aliphatic carbocycles. The molecule has 1 saturated carbocycles. The van der Waals surface area contributed by atoms with Crippen molar-refractivity contribution in [2.45, 2.75) is 51.5 Å². The van der Waals surface area contributed by atoms with Gasteiger partial charge in [0.1, 0.15) is 0 Å². The molecule has 0 bridgehead atoms. The third-order valence-electron chi connectivity index (χ3n) is 4.93. The van der Waals surface area contributed by atoms with Crippen molar-refractivity contribution in [1.82, 2.24) is 10.7 Å². The molecule has 1 fully saturated rings. The molecule has 146 valence electrons. The minimum atomic E-state index is -0.192. The molecule has 2 amide bonds. The zero-order chi connectivity index (χ0) is 19.8.